The SMILES string of the molecule is C=C(OC)n1nc(CC)c2ccccc21. The Hall–Kier alpha value is -1.77. The first kappa shape index (κ1) is 9.77. The lowest BCUT2D eigenvalue weighted by Gasteiger charge is -2.04. The van der Waals surface area contributed by atoms with Gasteiger partial charge < -0.3 is 4.74 Å². The number of benzene rings is 1. The van der Waals surface area contributed by atoms with Crippen molar-refractivity contribution < 1.29 is 4.74 Å². The second kappa shape index (κ2) is 3.77. The highest BCUT2D eigenvalue weighted by molar-refractivity contribution is 5.84. The summed E-state index contributed by atoms with van der Waals surface area (Å²) < 4.78 is 6.85. The van der Waals surface area contributed by atoms with Crippen molar-refractivity contribution in [3.63, 3.8) is 0 Å². The summed E-state index contributed by atoms with van der Waals surface area (Å²) in [6.45, 7) is 5.91. The molecule has 0 saturated carbocycles. The van der Waals surface area contributed by atoms with Crippen molar-refractivity contribution in [2.24, 2.45) is 0 Å². The zero-order valence-electron chi connectivity index (χ0n) is 9.03. The zero-order chi connectivity index (χ0) is 10.8. The van der Waals surface area contributed by atoms with Gasteiger partial charge in [0.15, 0.2) is 0 Å². The van der Waals surface area contributed by atoms with Gasteiger partial charge in [-0.25, -0.2) is 4.68 Å². The number of hydrogen-bond donors (Lipinski definition) is 0. The molecule has 1 aromatic heterocycles. The molecular weight excluding hydrogens is 188 g/mol. The van der Waals surface area contributed by atoms with Crippen LogP contribution in [0.2, 0.25) is 0 Å². The lowest BCUT2D eigenvalue weighted by Crippen LogP contribution is -1.99. The molecule has 3 nitrogen and oxygen atoms in total. The summed E-state index contributed by atoms with van der Waals surface area (Å²) in [4.78, 5) is 0. The van der Waals surface area contributed by atoms with E-state index in [0.29, 0.717) is 5.88 Å². The first-order valence-electron chi connectivity index (χ1n) is 4.97. The van der Waals surface area contributed by atoms with E-state index >= 15 is 0 Å². The third-order valence-corrected chi connectivity index (χ3v) is 2.47. The smallest absolute Gasteiger partial charge is 0.207 e. The maximum atomic E-state index is 5.11. The van der Waals surface area contributed by atoms with Crippen LogP contribution in [-0.4, -0.2) is 16.9 Å². The molecule has 78 valence electrons. The van der Waals surface area contributed by atoms with Gasteiger partial charge in [-0.05, 0) is 19.1 Å². The van der Waals surface area contributed by atoms with Crippen LogP contribution in [0.1, 0.15) is 12.6 Å². The number of fused-ring (bicyclic) bond motifs is 1. The highest BCUT2D eigenvalue weighted by Crippen LogP contribution is 2.21. The van der Waals surface area contributed by atoms with Crippen LogP contribution in [0.15, 0.2) is 30.8 Å². The van der Waals surface area contributed by atoms with Crippen molar-refractivity contribution in [3.05, 3.63) is 36.5 Å². The van der Waals surface area contributed by atoms with Crippen molar-refractivity contribution >= 4 is 16.8 Å². The van der Waals surface area contributed by atoms with E-state index < -0.39 is 0 Å². The summed E-state index contributed by atoms with van der Waals surface area (Å²) in [5.74, 6) is 0.547. The molecular formula is C12H14N2O. The molecule has 0 radical (unpaired) electrons. The fraction of sp³-hybridized carbons (Fsp3) is 0.250. The van der Waals surface area contributed by atoms with Crippen LogP contribution in [0.3, 0.4) is 0 Å². The van der Waals surface area contributed by atoms with Crippen molar-refractivity contribution in [2.45, 2.75) is 13.3 Å². The van der Waals surface area contributed by atoms with Gasteiger partial charge >= 0.3 is 0 Å². The maximum Gasteiger partial charge on any atom is 0.207 e. The molecule has 2 rings (SSSR count). The van der Waals surface area contributed by atoms with Gasteiger partial charge in [0.2, 0.25) is 5.88 Å². The molecule has 2 aromatic rings. The summed E-state index contributed by atoms with van der Waals surface area (Å²) in [5.41, 5.74) is 2.12. The number of para-hydroxylation sites is 1. The predicted molar refractivity (Wildman–Crippen MR) is 61.5 cm³/mol. The van der Waals surface area contributed by atoms with Gasteiger partial charge in [0.05, 0.1) is 18.3 Å². The quantitative estimate of drug-likeness (QED) is 0.715. The van der Waals surface area contributed by atoms with Crippen LogP contribution in [0.4, 0.5) is 0 Å². The van der Waals surface area contributed by atoms with Crippen LogP contribution >= 0.6 is 0 Å². The largest absolute Gasteiger partial charge is 0.481 e. The first-order valence-corrected chi connectivity index (χ1v) is 4.97. The monoisotopic (exact) mass is 202 g/mol. The second-order valence-corrected chi connectivity index (χ2v) is 3.33. The molecule has 0 unspecified atom stereocenters. The maximum absolute atomic E-state index is 5.11. The number of ether oxygens (including phenoxy) is 1. The van der Waals surface area contributed by atoms with Crippen molar-refractivity contribution in [2.75, 3.05) is 7.11 Å². The highest BCUT2D eigenvalue weighted by atomic mass is 16.5. The molecule has 0 aliphatic heterocycles. The topological polar surface area (TPSA) is 27.1 Å². The van der Waals surface area contributed by atoms with E-state index in [4.69, 9.17) is 4.74 Å². The molecule has 0 N–H and O–H groups in total. The Bertz CT molecular complexity index is 499. The Kier molecular flexibility index (Phi) is 2.46. The molecule has 0 aliphatic carbocycles. The first-order chi connectivity index (χ1) is 7.27. The minimum absolute atomic E-state index is 0.547. The van der Waals surface area contributed by atoms with Gasteiger partial charge in [0.25, 0.3) is 0 Å². The molecule has 1 heterocycles. The Balaban J connectivity index is 2.70. The zero-order valence-corrected chi connectivity index (χ0v) is 9.03. The molecule has 3 heteroatoms. The fourth-order valence-corrected chi connectivity index (χ4v) is 1.67. The predicted octanol–water partition coefficient (Wildman–Crippen LogP) is 2.67. The van der Waals surface area contributed by atoms with Gasteiger partial charge in [-0.2, -0.15) is 5.10 Å². The standard InChI is InChI=1S/C12H14N2O/c1-4-11-10-7-5-6-8-12(10)14(13-11)9(2)15-3/h5-8H,2,4H2,1,3H3. The van der Waals surface area contributed by atoms with Crippen LogP contribution < -0.4 is 0 Å². The van der Waals surface area contributed by atoms with E-state index in [2.05, 4.69) is 24.7 Å². The molecule has 0 fully saturated rings. The van der Waals surface area contributed by atoms with Gasteiger partial charge in [0, 0.05) is 5.39 Å². The van der Waals surface area contributed by atoms with E-state index in [-0.39, 0.29) is 0 Å². The van der Waals surface area contributed by atoms with E-state index in [9.17, 15) is 0 Å². The highest BCUT2D eigenvalue weighted by Gasteiger charge is 2.10. The Morgan fingerprint density at radius 3 is 2.87 bits per heavy atom. The third kappa shape index (κ3) is 1.50. The summed E-state index contributed by atoms with van der Waals surface area (Å²) in [7, 11) is 1.60. The second-order valence-electron chi connectivity index (χ2n) is 3.33. The normalized spacial score (nSPS) is 10.5. The Morgan fingerprint density at radius 2 is 2.20 bits per heavy atom. The van der Waals surface area contributed by atoms with Gasteiger partial charge in [-0.1, -0.05) is 25.1 Å². The van der Waals surface area contributed by atoms with Gasteiger partial charge in [-0.3, -0.25) is 0 Å². The molecule has 0 aliphatic rings. The minimum Gasteiger partial charge on any atom is -0.481 e. The van der Waals surface area contributed by atoms with E-state index in [1.165, 1.54) is 5.39 Å². The average molecular weight is 202 g/mol. The Labute approximate surface area is 89.0 Å². The number of aromatic nitrogens is 2. The van der Waals surface area contributed by atoms with Crippen LogP contribution in [-0.2, 0) is 11.2 Å². The van der Waals surface area contributed by atoms with Crippen LogP contribution in [0, 0.1) is 0 Å². The van der Waals surface area contributed by atoms with Crippen molar-refractivity contribution in [1.82, 2.24) is 9.78 Å². The Morgan fingerprint density at radius 1 is 1.47 bits per heavy atom. The number of rotatable bonds is 3. The van der Waals surface area contributed by atoms with Crippen LogP contribution in [0.25, 0.3) is 16.8 Å². The molecule has 0 saturated heterocycles. The number of hydrogen-bond acceptors (Lipinski definition) is 2. The lowest BCUT2D eigenvalue weighted by molar-refractivity contribution is 0.340. The molecule has 1 aromatic carbocycles. The number of aryl methyl sites for hydroxylation is 1. The average Bonchev–Trinajstić information content (AvgIpc) is 2.67. The third-order valence-electron chi connectivity index (χ3n) is 2.47. The molecule has 0 amide bonds. The number of methoxy groups -OCH3 is 1. The van der Waals surface area contributed by atoms with Crippen molar-refractivity contribution in [3.8, 4) is 0 Å². The van der Waals surface area contributed by atoms with E-state index in [0.717, 1.165) is 17.6 Å². The summed E-state index contributed by atoms with van der Waals surface area (Å²) in [5, 5.41) is 5.64. The molecule has 0 spiro atoms. The van der Waals surface area contributed by atoms with Crippen molar-refractivity contribution in [1.29, 1.82) is 0 Å². The number of nitrogens with zero attached hydrogens (tertiary/aromatic N) is 2. The molecule has 0 atom stereocenters. The summed E-state index contributed by atoms with van der Waals surface area (Å²) in [6, 6.07) is 8.10. The van der Waals surface area contributed by atoms with Gasteiger partial charge in [-0.15, -0.1) is 0 Å². The van der Waals surface area contributed by atoms with E-state index in [1.54, 1.807) is 11.8 Å². The van der Waals surface area contributed by atoms with E-state index in [1.807, 2.05) is 18.2 Å². The summed E-state index contributed by atoms with van der Waals surface area (Å²) in [6.07, 6.45) is 0.907. The summed E-state index contributed by atoms with van der Waals surface area (Å²) >= 11 is 0. The van der Waals surface area contributed by atoms with Crippen LogP contribution in [0.5, 0.6) is 0 Å². The van der Waals surface area contributed by atoms with Gasteiger partial charge in [0.1, 0.15) is 0 Å². The molecule has 15 heavy (non-hydrogen) atoms. The molecule has 0 bridgehead atoms. The minimum atomic E-state index is 0.547. The lowest BCUT2D eigenvalue weighted by atomic mass is 10.2. The fourth-order valence-electron chi connectivity index (χ4n) is 1.67.